The van der Waals surface area contributed by atoms with Gasteiger partial charge in [0.2, 0.25) is 0 Å². The van der Waals surface area contributed by atoms with Crippen LogP contribution in [-0.2, 0) is 4.74 Å². The molecule has 31 heavy (non-hydrogen) atoms. The first-order valence-corrected chi connectivity index (χ1v) is 11.7. The summed E-state index contributed by atoms with van der Waals surface area (Å²) in [5, 5.41) is 15.0. The van der Waals surface area contributed by atoms with Crippen LogP contribution in [0.2, 0.25) is 0 Å². The number of ether oxygens (including phenoxy) is 1. The molecule has 6 nitrogen and oxygen atoms in total. The van der Waals surface area contributed by atoms with Gasteiger partial charge >= 0.3 is 0 Å². The van der Waals surface area contributed by atoms with Gasteiger partial charge in [-0.25, -0.2) is 4.99 Å². The number of nitro benzene ring substituents is 1. The summed E-state index contributed by atoms with van der Waals surface area (Å²) in [5.41, 5.74) is 1.78. The van der Waals surface area contributed by atoms with Crippen LogP contribution in [0.15, 0.2) is 46.8 Å². The van der Waals surface area contributed by atoms with Crippen LogP contribution >= 0.6 is 11.3 Å². The lowest BCUT2D eigenvalue weighted by atomic mass is 10.1. The normalized spacial score (nSPS) is 16.8. The molecule has 0 amide bonds. The molecule has 7 heteroatoms. The molecule has 4 rings (SSSR count). The standard InChI is InChI=1S/C24H29N3O3S/c1-16(30-24(2,3)4)22-15-31-23(26(22)17-9-5-6-10-17)25-20-13-14-21(27(28)29)19-12-8-7-11-18(19)20/h7-8,11-17H,5-6,9-10H2,1-4H3/t16-/m0/s1. The number of fused-ring (bicyclic) bond motifs is 1. The number of hydrogen-bond acceptors (Lipinski definition) is 5. The Hall–Kier alpha value is -2.51. The van der Waals surface area contributed by atoms with Crippen molar-refractivity contribution < 1.29 is 9.66 Å². The molecule has 0 unspecified atom stereocenters. The molecule has 0 radical (unpaired) electrons. The molecule has 0 bridgehead atoms. The van der Waals surface area contributed by atoms with Crippen molar-refractivity contribution in [1.29, 1.82) is 0 Å². The summed E-state index contributed by atoms with van der Waals surface area (Å²) in [4.78, 5) is 17.1. The lowest BCUT2D eigenvalue weighted by molar-refractivity contribution is -0.383. The molecule has 3 aromatic rings. The van der Waals surface area contributed by atoms with E-state index in [0.717, 1.165) is 34.4 Å². The molecule has 1 aromatic heterocycles. The second-order valence-corrected chi connectivity index (χ2v) is 9.98. The van der Waals surface area contributed by atoms with Crippen molar-refractivity contribution in [3.63, 3.8) is 0 Å². The van der Waals surface area contributed by atoms with Crippen LogP contribution in [0.5, 0.6) is 0 Å². The maximum Gasteiger partial charge on any atom is 0.277 e. The summed E-state index contributed by atoms with van der Waals surface area (Å²) in [7, 11) is 0. The van der Waals surface area contributed by atoms with Gasteiger partial charge in [-0.1, -0.05) is 31.0 Å². The summed E-state index contributed by atoms with van der Waals surface area (Å²) in [5.74, 6) is 0. The minimum Gasteiger partial charge on any atom is -0.367 e. The number of nitrogens with zero attached hydrogens (tertiary/aromatic N) is 3. The van der Waals surface area contributed by atoms with E-state index >= 15 is 0 Å². The number of benzene rings is 2. The van der Waals surface area contributed by atoms with E-state index in [9.17, 15) is 10.1 Å². The Morgan fingerprint density at radius 3 is 2.48 bits per heavy atom. The highest BCUT2D eigenvalue weighted by Crippen LogP contribution is 2.35. The number of aromatic nitrogens is 1. The van der Waals surface area contributed by atoms with Gasteiger partial charge in [-0.2, -0.15) is 0 Å². The van der Waals surface area contributed by atoms with Gasteiger partial charge in [0.1, 0.15) is 0 Å². The maximum absolute atomic E-state index is 11.5. The van der Waals surface area contributed by atoms with Gasteiger partial charge in [0.15, 0.2) is 4.80 Å². The third kappa shape index (κ3) is 4.57. The highest BCUT2D eigenvalue weighted by atomic mass is 32.1. The van der Waals surface area contributed by atoms with Gasteiger partial charge < -0.3 is 9.30 Å². The number of thiazole rings is 1. The van der Waals surface area contributed by atoms with E-state index < -0.39 is 0 Å². The monoisotopic (exact) mass is 439 g/mol. The van der Waals surface area contributed by atoms with Crippen molar-refractivity contribution in [2.75, 3.05) is 0 Å². The number of non-ortho nitro benzene ring substituents is 1. The lowest BCUT2D eigenvalue weighted by Gasteiger charge is -2.27. The van der Waals surface area contributed by atoms with E-state index in [1.807, 2.05) is 18.2 Å². The first-order chi connectivity index (χ1) is 14.7. The third-order valence-corrected chi connectivity index (χ3v) is 6.56. The average molecular weight is 440 g/mol. The van der Waals surface area contributed by atoms with Gasteiger partial charge in [0.05, 0.1) is 33.4 Å². The smallest absolute Gasteiger partial charge is 0.277 e. The minimum absolute atomic E-state index is 0.0468. The van der Waals surface area contributed by atoms with Crippen molar-refractivity contribution >= 4 is 33.5 Å². The Balaban J connectivity index is 1.87. The SMILES string of the molecule is C[C@H](OC(C)(C)C)c1csc(=Nc2ccc([N+](=O)[O-])c3ccccc23)n1C1CCCC1. The Bertz CT molecular complexity index is 1170. The first kappa shape index (κ1) is 21.7. The zero-order chi connectivity index (χ0) is 22.2. The fourth-order valence-electron chi connectivity index (χ4n) is 4.46. The van der Waals surface area contributed by atoms with Crippen LogP contribution in [-0.4, -0.2) is 15.1 Å². The number of rotatable bonds is 5. The van der Waals surface area contributed by atoms with E-state index in [1.165, 1.54) is 12.8 Å². The fraction of sp³-hybridized carbons (Fsp3) is 0.458. The summed E-state index contributed by atoms with van der Waals surface area (Å²) >= 11 is 1.61. The van der Waals surface area contributed by atoms with Crippen LogP contribution < -0.4 is 4.80 Å². The summed E-state index contributed by atoms with van der Waals surface area (Å²) in [6.07, 6.45) is 4.68. The zero-order valence-electron chi connectivity index (χ0n) is 18.5. The molecule has 1 heterocycles. The zero-order valence-corrected chi connectivity index (χ0v) is 19.3. The largest absolute Gasteiger partial charge is 0.367 e. The van der Waals surface area contributed by atoms with E-state index in [-0.39, 0.29) is 22.3 Å². The predicted octanol–water partition coefficient (Wildman–Crippen LogP) is 6.83. The van der Waals surface area contributed by atoms with Gasteiger partial charge in [-0.15, -0.1) is 11.3 Å². The number of hydrogen-bond donors (Lipinski definition) is 0. The molecular formula is C24H29N3O3S. The van der Waals surface area contributed by atoms with Gasteiger partial charge in [0.25, 0.3) is 5.69 Å². The highest BCUT2D eigenvalue weighted by molar-refractivity contribution is 7.07. The minimum atomic E-state index is -0.334. The molecule has 1 aliphatic rings. The number of nitro groups is 1. The molecule has 0 spiro atoms. The van der Waals surface area contributed by atoms with Crippen LogP contribution in [0, 0.1) is 10.1 Å². The van der Waals surface area contributed by atoms with Gasteiger partial charge in [-0.3, -0.25) is 10.1 Å². The highest BCUT2D eigenvalue weighted by Gasteiger charge is 2.26. The average Bonchev–Trinajstić information content (AvgIpc) is 3.36. The van der Waals surface area contributed by atoms with Crippen LogP contribution in [0.1, 0.15) is 71.2 Å². The van der Waals surface area contributed by atoms with E-state index in [1.54, 1.807) is 29.5 Å². The first-order valence-electron chi connectivity index (χ1n) is 10.8. The van der Waals surface area contributed by atoms with E-state index in [4.69, 9.17) is 9.73 Å². The van der Waals surface area contributed by atoms with Crippen molar-refractivity contribution in [2.45, 2.75) is 71.1 Å². The molecule has 1 saturated carbocycles. The Labute approximate surface area is 186 Å². The lowest BCUT2D eigenvalue weighted by Crippen LogP contribution is -2.26. The molecule has 0 saturated heterocycles. The molecule has 1 aliphatic carbocycles. The Morgan fingerprint density at radius 2 is 1.84 bits per heavy atom. The van der Waals surface area contributed by atoms with Crippen molar-refractivity contribution in [2.24, 2.45) is 4.99 Å². The maximum atomic E-state index is 11.5. The molecule has 0 aliphatic heterocycles. The predicted molar refractivity (Wildman–Crippen MR) is 125 cm³/mol. The summed E-state index contributed by atoms with van der Waals surface area (Å²) in [6.45, 7) is 8.32. The van der Waals surface area contributed by atoms with Crippen molar-refractivity contribution in [3.8, 4) is 0 Å². The van der Waals surface area contributed by atoms with Crippen LogP contribution in [0.3, 0.4) is 0 Å². The fourth-order valence-corrected chi connectivity index (χ4v) is 5.51. The van der Waals surface area contributed by atoms with E-state index in [0.29, 0.717) is 11.4 Å². The molecule has 164 valence electrons. The van der Waals surface area contributed by atoms with Crippen molar-refractivity contribution in [3.05, 3.63) is 62.4 Å². The summed E-state index contributed by atoms with van der Waals surface area (Å²) in [6, 6.07) is 11.1. The van der Waals surface area contributed by atoms with Gasteiger partial charge in [-0.05, 0) is 52.7 Å². The quantitative estimate of drug-likeness (QED) is 0.323. The van der Waals surface area contributed by atoms with Crippen molar-refractivity contribution in [1.82, 2.24) is 4.57 Å². The molecule has 1 atom stereocenters. The topological polar surface area (TPSA) is 69.7 Å². The molecule has 2 aromatic carbocycles. The molecule has 0 N–H and O–H groups in total. The second-order valence-electron chi connectivity index (χ2n) is 9.14. The second kappa shape index (κ2) is 8.55. The Kier molecular flexibility index (Phi) is 5.99. The van der Waals surface area contributed by atoms with Crippen LogP contribution in [0.25, 0.3) is 10.8 Å². The van der Waals surface area contributed by atoms with Gasteiger partial charge in [0, 0.05) is 22.9 Å². The third-order valence-electron chi connectivity index (χ3n) is 5.70. The molecular weight excluding hydrogens is 410 g/mol. The van der Waals surface area contributed by atoms with E-state index in [2.05, 4.69) is 37.6 Å². The summed E-state index contributed by atoms with van der Waals surface area (Å²) < 4.78 is 8.62. The molecule has 1 fully saturated rings. The Morgan fingerprint density at radius 1 is 1.16 bits per heavy atom. The van der Waals surface area contributed by atoms with Crippen LogP contribution in [0.4, 0.5) is 11.4 Å².